The molecule has 0 spiro atoms. The molecule has 0 amide bonds. The van der Waals surface area contributed by atoms with Gasteiger partial charge in [-0.05, 0) is 54.6 Å². The van der Waals surface area contributed by atoms with E-state index in [1.807, 2.05) is 37.4 Å². The molecule has 0 radical (unpaired) electrons. The normalized spacial score (nSPS) is 10.5. The van der Waals surface area contributed by atoms with Crippen molar-refractivity contribution in [2.45, 2.75) is 0 Å². The fourth-order valence-corrected chi connectivity index (χ4v) is 2.03. The van der Waals surface area contributed by atoms with Crippen molar-refractivity contribution in [1.29, 1.82) is 0 Å². The molecule has 4 nitrogen and oxygen atoms in total. The molecule has 2 aromatic rings. The summed E-state index contributed by atoms with van der Waals surface area (Å²) in [6.45, 7) is 0. The summed E-state index contributed by atoms with van der Waals surface area (Å²) in [4.78, 5) is 12.2. The van der Waals surface area contributed by atoms with Crippen LogP contribution in [0, 0.1) is 0 Å². The van der Waals surface area contributed by atoms with E-state index >= 15 is 0 Å². The number of carbonyl (C=O) groups is 1. The number of hydrogen-bond donors (Lipinski definition) is 1. The number of allylic oxidation sites excluding steroid dienone is 1. The zero-order valence-corrected chi connectivity index (χ0v) is 12.9. The number of benzene rings is 2. The third-order valence-corrected chi connectivity index (χ3v) is 3.31. The molecule has 0 atom stereocenters. The van der Waals surface area contributed by atoms with Crippen molar-refractivity contribution < 1.29 is 14.3 Å². The van der Waals surface area contributed by atoms with E-state index < -0.39 is 0 Å². The molecule has 0 heterocycles. The number of ether oxygens (including phenoxy) is 2. The van der Waals surface area contributed by atoms with Gasteiger partial charge in [0, 0.05) is 23.9 Å². The SMILES string of the molecule is CNc1ccc(C(=O)C=Cc2cc(OC)ccc2OC)cc1. The van der Waals surface area contributed by atoms with Crippen molar-refractivity contribution in [2.75, 3.05) is 26.6 Å². The van der Waals surface area contributed by atoms with Crippen molar-refractivity contribution in [2.24, 2.45) is 0 Å². The third kappa shape index (κ3) is 3.67. The van der Waals surface area contributed by atoms with Gasteiger partial charge in [-0.2, -0.15) is 0 Å². The summed E-state index contributed by atoms with van der Waals surface area (Å²) in [5.41, 5.74) is 2.40. The molecule has 0 saturated heterocycles. The monoisotopic (exact) mass is 297 g/mol. The fraction of sp³-hybridized carbons (Fsp3) is 0.167. The molecule has 2 aromatic carbocycles. The summed E-state index contributed by atoms with van der Waals surface area (Å²) >= 11 is 0. The van der Waals surface area contributed by atoms with Gasteiger partial charge in [-0.3, -0.25) is 4.79 Å². The molecule has 0 aliphatic rings. The molecule has 1 N–H and O–H groups in total. The van der Waals surface area contributed by atoms with Crippen LogP contribution in [0.5, 0.6) is 11.5 Å². The molecule has 0 aliphatic heterocycles. The van der Waals surface area contributed by atoms with E-state index in [-0.39, 0.29) is 5.78 Å². The first-order chi connectivity index (χ1) is 10.7. The summed E-state index contributed by atoms with van der Waals surface area (Å²) in [6.07, 6.45) is 3.27. The lowest BCUT2D eigenvalue weighted by atomic mass is 10.1. The van der Waals surface area contributed by atoms with Crippen LogP contribution in [0.2, 0.25) is 0 Å². The minimum absolute atomic E-state index is 0.0625. The molecule has 0 unspecified atom stereocenters. The van der Waals surface area contributed by atoms with Crippen LogP contribution in [0.4, 0.5) is 5.69 Å². The van der Waals surface area contributed by atoms with Crippen molar-refractivity contribution in [3.63, 3.8) is 0 Å². The predicted molar refractivity (Wildman–Crippen MR) is 88.9 cm³/mol. The average molecular weight is 297 g/mol. The largest absolute Gasteiger partial charge is 0.497 e. The lowest BCUT2D eigenvalue weighted by molar-refractivity contribution is 0.104. The molecule has 0 aromatic heterocycles. The second-order valence-electron chi connectivity index (χ2n) is 4.63. The first-order valence-electron chi connectivity index (χ1n) is 6.90. The van der Waals surface area contributed by atoms with Crippen LogP contribution in [-0.4, -0.2) is 27.1 Å². The predicted octanol–water partition coefficient (Wildman–Crippen LogP) is 3.64. The van der Waals surface area contributed by atoms with E-state index in [4.69, 9.17) is 9.47 Å². The van der Waals surface area contributed by atoms with Gasteiger partial charge in [0.05, 0.1) is 14.2 Å². The Hall–Kier alpha value is -2.75. The van der Waals surface area contributed by atoms with Crippen LogP contribution in [-0.2, 0) is 0 Å². The van der Waals surface area contributed by atoms with Crippen molar-refractivity contribution >= 4 is 17.5 Å². The number of hydrogen-bond acceptors (Lipinski definition) is 4. The highest BCUT2D eigenvalue weighted by molar-refractivity contribution is 6.07. The van der Waals surface area contributed by atoms with Gasteiger partial charge in [-0.25, -0.2) is 0 Å². The Morgan fingerprint density at radius 3 is 2.36 bits per heavy atom. The second kappa shape index (κ2) is 7.31. The zero-order chi connectivity index (χ0) is 15.9. The Balaban J connectivity index is 2.21. The molecular formula is C18H19NO3. The number of rotatable bonds is 6. The molecule has 0 bridgehead atoms. The lowest BCUT2D eigenvalue weighted by Crippen LogP contribution is -1.95. The van der Waals surface area contributed by atoms with Crippen molar-refractivity contribution in [3.05, 3.63) is 59.7 Å². The second-order valence-corrected chi connectivity index (χ2v) is 4.63. The van der Waals surface area contributed by atoms with Crippen LogP contribution < -0.4 is 14.8 Å². The van der Waals surface area contributed by atoms with E-state index in [1.165, 1.54) is 6.08 Å². The molecular weight excluding hydrogens is 278 g/mol. The van der Waals surface area contributed by atoms with Gasteiger partial charge in [-0.1, -0.05) is 0 Å². The number of carbonyl (C=O) groups excluding carboxylic acids is 1. The van der Waals surface area contributed by atoms with Crippen LogP contribution in [0.3, 0.4) is 0 Å². The van der Waals surface area contributed by atoms with E-state index in [2.05, 4.69) is 5.32 Å². The minimum Gasteiger partial charge on any atom is -0.497 e. The quantitative estimate of drug-likeness (QED) is 0.653. The van der Waals surface area contributed by atoms with Gasteiger partial charge >= 0.3 is 0 Å². The Bertz CT molecular complexity index is 675. The maximum Gasteiger partial charge on any atom is 0.185 e. The summed E-state index contributed by atoms with van der Waals surface area (Å²) in [5.74, 6) is 1.34. The van der Waals surface area contributed by atoms with Gasteiger partial charge < -0.3 is 14.8 Å². The standard InChI is InChI=1S/C18H19NO3/c1-19-15-7-4-13(5-8-15)17(20)10-6-14-12-16(21-2)9-11-18(14)22-3/h4-12,19H,1-3H3. The fourth-order valence-electron chi connectivity index (χ4n) is 2.03. The van der Waals surface area contributed by atoms with E-state index in [1.54, 1.807) is 32.4 Å². The molecule has 0 fully saturated rings. The molecule has 4 heteroatoms. The van der Waals surface area contributed by atoms with Crippen molar-refractivity contribution in [3.8, 4) is 11.5 Å². The number of nitrogens with one attached hydrogen (secondary N) is 1. The highest BCUT2D eigenvalue weighted by Gasteiger charge is 2.05. The maximum absolute atomic E-state index is 12.2. The van der Waals surface area contributed by atoms with Crippen molar-refractivity contribution in [1.82, 2.24) is 0 Å². The topological polar surface area (TPSA) is 47.6 Å². The van der Waals surface area contributed by atoms with E-state index in [9.17, 15) is 4.79 Å². The summed E-state index contributed by atoms with van der Waals surface area (Å²) in [5, 5.41) is 3.02. The first kappa shape index (κ1) is 15.6. The van der Waals surface area contributed by atoms with Gasteiger partial charge in [0.2, 0.25) is 0 Å². The highest BCUT2D eigenvalue weighted by Crippen LogP contribution is 2.25. The molecule has 0 saturated carbocycles. The zero-order valence-electron chi connectivity index (χ0n) is 12.9. The third-order valence-electron chi connectivity index (χ3n) is 3.31. The molecule has 114 valence electrons. The Kier molecular flexibility index (Phi) is 5.20. The van der Waals surface area contributed by atoms with E-state index in [0.717, 1.165) is 11.3 Å². The molecule has 0 aliphatic carbocycles. The van der Waals surface area contributed by atoms with Crippen LogP contribution in [0.1, 0.15) is 15.9 Å². The summed E-state index contributed by atoms with van der Waals surface area (Å²) < 4.78 is 10.5. The van der Waals surface area contributed by atoms with Crippen LogP contribution in [0.25, 0.3) is 6.08 Å². The first-order valence-corrected chi connectivity index (χ1v) is 6.90. The van der Waals surface area contributed by atoms with Gasteiger partial charge in [-0.15, -0.1) is 0 Å². The Labute approximate surface area is 130 Å². The van der Waals surface area contributed by atoms with Gasteiger partial charge in [0.15, 0.2) is 5.78 Å². The lowest BCUT2D eigenvalue weighted by Gasteiger charge is -2.07. The number of anilines is 1. The van der Waals surface area contributed by atoms with Crippen LogP contribution >= 0.6 is 0 Å². The minimum atomic E-state index is -0.0625. The van der Waals surface area contributed by atoms with Gasteiger partial charge in [0.1, 0.15) is 11.5 Å². The highest BCUT2D eigenvalue weighted by atomic mass is 16.5. The number of ketones is 1. The van der Waals surface area contributed by atoms with E-state index in [0.29, 0.717) is 17.1 Å². The summed E-state index contributed by atoms with van der Waals surface area (Å²) in [7, 11) is 5.03. The number of methoxy groups -OCH3 is 2. The Morgan fingerprint density at radius 2 is 1.77 bits per heavy atom. The molecule has 22 heavy (non-hydrogen) atoms. The van der Waals surface area contributed by atoms with Crippen LogP contribution in [0.15, 0.2) is 48.5 Å². The molecule has 2 rings (SSSR count). The van der Waals surface area contributed by atoms with Gasteiger partial charge in [0.25, 0.3) is 0 Å². The Morgan fingerprint density at radius 1 is 1.05 bits per heavy atom. The summed E-state index contributed by atoms with van der Waals surface area (Å²) in [6, 6.07) is 12.8. The maximum atomic E-state index is 12.2. The average Bonchev–Trinajstić information content (AvgIpc) is 2.59. The smallest absolute Gasteiger partial charge is 0.185 e.